The van der Waals surface area contributed by atoms with Crippen LogP contribution in [-0.2, 0) is 6.42 Å². The molecule has 0 atom stereocenters. The van der Waals surface area contributed by atoms with Gasteiger partial charge in [-0.25, -0.2) is 0 Å². The molecule has 2 aromatic rings. The van der Waals surface area contributed by atoms with Crippen LogP contribution in [0.1, 0.15) is 70.9 Å². The lowest BCUT2D eigenvalue weighted by Crippen LogP contribution is -2.30. The van der Waals surface area contributed by atoms with Gasteiger partial charge in [-0.3, -0.25) is 14.5 Å². The molecule has 2 amide bonds. The first-order valence-corrected chi connectivity index (χ1v) is 9.91. The normalized spacial score (nSPS) is 13.6. The number of benzene rings is 2. The summed E-state index contributed by atoms with van der Waals surface area (Å²) in [5, 5.41) is 0. The van der Waals surface area contributed by atoms with E-state index < -0.39 is 0 Å². The lowest BCUT2D eigenvalue weighted by atomic mass is 10.1. The van der Waals surface area contributed by atoms with Crippen molar-refractivity contribution >= 4 is 17.9 Å². The number of allylic oxidation sites excluding steroid dienone is 1. The molecule has 1 heterocycles. The van der Waals surface area contributed by atoms with Crippen molar-refractivity contribution in [2.75, 3.05) is 6.54 Å². The van der Waals surface area contributed by atoms with Crippen molar-refractivity contribution in [3.8, 4) is 0 Å². The zero-order chi connectivity index (χ0) is 19.1. The Kier molecular flexibility index (Phi) is 6.59. The number of rotatable bonds is 9. The molecule has 0 spiro atoms. The van der Waals surface area contributed by atoms with Crippen LogP contribution in [0.15, 0.2) is 54.6 Å². The molecule has 140 valence electrons. The number of carbonyl (C=O) groups is 2. The molecule has 0 aliphatic carbocycles. The van der Waals surface area contributed by atoms with Gasteiger partial charge >= 0.3 is 0 Å². The lowest BCUT2D eigenvalue weighted by Gasteiger charge is -2.13. The van der Waals surface area contributed by atoms with Gasteiger partial charge in [0.1, 0.15) is 0 Å². The second-order valence-electron chi connectivity index (χ2n) is 7.05. The molecule has 1 aliphatic rings. The van der Waals surface area contributed by atoms with Gasteiger partial charge in [-0.15, -0.1) is 0 Å². The minimum atomic E-state index is -0.167. The Labute approximate surface area is 161 Å². The highest BCUT2D eigenvalue weighted by molar-refractivity contribution is 6.21. The summed E-state index contributed by atoms with van der Waals surface area (Å²) in [7, 11) is 0. The van der Waals surface area contributed by atoms with Crippen LogP contribution in [0, 0.1) is 0 Å². The van der Waals surface area contributed by atoms with E-state index >= 15 is 0 Å². The molecule has 0 saturated heterocycles. The van der Waals surface area contributed by atoms with Crippen molar-refractivity contribution in [1.82, 2.24) is 4.90 Å². The molecule has 2 aromatic carbocycles. The van der Waals surface area contributed by atoms with E-state index in [1.54, 1.807) is 24.3 Å². The average Bonchev–Trinajstić information content (AvgIpc) is 2.93. The van der Waals surface area contributed by atoms with Crippen molar-refractivity contribution in [2.24, 2.45) is 0 Å². The van der Waals surface area contributed by atoms with Crippen molar-refractivity contribution in [1.29, 1.82) is 0 Å². The van der Waals surface area contributed by atoms with Crippen molar-refractivity contribution in [3.05, 3.63) is 76.9 Å². The van der Waals surface area contributed by atoms with E-state index in [9.17, 15) is 9.59 Å². The quantitative estimate of drug-likeness (QED) is 0.436. The van der Waals surface area contributed by atoms with Gasteiger partial charge in [-0.2, -0.15) is 0 Å². The first-order chi connectivity index (χ1) is 13.2. The topological polar surface area (TPSA) is 37.4 Å². The van der Waals surface area contributed by atoms with E-state index in [1.807, 2.05) is 0 Å². The number of hydrogen-bond donors (Lipinski definition) is 0. The minimum Gasteiger partial charge on any atom is -0.274 e. The molecule has 3 rings (SSSR count). The molecule has 0 fully saturated rings. The van der Waals surface area contributed by atoms with Crippen LogP contribution < -0.4 is 0 Å². The number of nitrogens with zero attached hydrogens (tertiary/aromatic N) is 1. The highest BCUT2D eigenvalue weighted by Gasteiger charge is 2.34. The van der Waals surface area contributed by atoms with Crippen LogP contribution in [-0.4, -0.2) is 23.3 Å². The summed E-state index contributed by atoms with van der Waals surface area (Å²) in [6, 6.07) is 15.5. The van der Waals surface area contributed by atoms with E-state index in [0.717, 1.165) is 19.3 Å². The summed E-state index contributed by atoms with van der Waals surface area (Å²) >= 11 is 0. The molecule has 0 N–H and O–H groups in total. The number of aryl methyl sites for hydroxylation is 1. The third-order valence-corrected chi connectivity index (χ3v) is 4.96. The van der Waals surface area contributed by atoms with Gasteiger partial charge in [0.25, 0.3) is 11.8 Å². The summed E-state index contributed by atoms with van der Waals surface area (Å²) < 4.78 is 0. The number of hydrogen-bond acceptors (Lipinski definition) is 2. The number of carbonyl (C=O) groups excluding carboxylic acids is 2. The Balaban J connectivity index is 1.52. The van der Waals surface area contributed by atoms with Crippen LogP contribution in [0.4, 0.5) is 0 Å². The highest BCUT2D eigenvalue weighted by Crippen LogP contribution is 2.22. The van der Waals surface area contributed by atoms with E-state index in [4.69, 9.17) is 0 Å². The van der Waals surface area contributed by atoms with Crippen molar-refractivity contribution < 1.29 is 9.59 Å². The first kappa shape index (κ1) is 19.1. The van der Waals surface area contributed by atoms with E-state index in [-0.39, 0.29) is 11.8 Å². The number of imide groups is 1. The van der Waals surface area contributed by atoms with Gasteiger partial charge in [0.15, 0.2) is 0 Å². The van der Waals surface area contributed by atoms with Gasteiger partial charge in [0.2, 0.25) is 0 Å². The number of fused-ring (bicyclic) bond motifs is 1. The number of unbranched alkanes of at least 4 members (excludes halogenated alkanes) is 3. The third-order valence-electron chi connectivity index (χ3n) is 4.96. The molecule has 3 nitrogen and oxygen atoms in total. The molecule has 3 heteroatoms. The molecule has 0 unspecified atom stereocenters. The smallest absolute Gasteiger partial charge is 0.261 e. The lowest BCUT2D eigenvalue weighted by molar-refractivity contribution is 0.0652. The molecule has 1 aliphatic heterocycles. The van der Waals surface area contributed by atoms with E-state index in [2.05, 4.69) is 43.3 Å². The van der Waals surface area contributed by atoms with Crippen LogP contribution in [0.25, 0.3) is 6.08 Å². The number of amides is 2. The van der Waals surface area contributed by atoms with Crippen LogP contribution >= 0.6 is 0 Å². The average molecular weight is 361 g/mol. The second kappa shape index (κ2) is 9.31. The molecule has 0 saturated carbocycles. The summed E-state index contributed by atoms with van der Waals surface area (Å²) in [6.45, 7) is 2.68. The van der Waals surface area contributed by atoms with Crippen LogP contribution in [0.5, 0.6) is 0 Å². The standard InChI is InChI=1S/C24H27NO2/c1-2-3-4-5-6-11-19-12-9-13-20(18-19)14-10-17-25-23(26)21-15-7-8-16-22(21)24(25)27/h6-9,11-13,15-16,18H,2-5,10,14,17H2,1H3. The van der Waals surface area contributed by atoms with Gasteiger partial charge in [-0.1, -0.05) is 68.3 Å². The van der Waals surface area contributed by atoms with E-state index in [1.165, 1.54) is 35.3 Å². The highest BCUT2D eigenvalue weighted by atomic mass is 16.2. The van der Waals surface area contributed by atoms with Gasteiger partial charge < -0.3 is 0 Å². The minimum absolute atomic E-state index is 0.167. The van der Waals surface area contributed by atoms with E-state index in [0.29, 0.717) is 17.7 Å². The Morgan fingerprint density at radius 3 is 2.33 bits per heavy atom. The SMILES string of the molecule is CCCCCC=Cc1cccc(CCCN2C(=O)c3ccccc3C2=O)c1. The molecule has 0 radical (unpaired) electrons. The zero-order valence-corrected chi connectivity index (χ0v) is 16.0. The largest absolute Gasteiger partial charge is 0.274 e. The maximum atomic E-state index is 12.4. The fraction of sp³-hybridized carbons (Fsp3) is 0.333. The second-order valence-corrected chi connectivity index (χ2v) is 7.05. The summed E-state index contributed by atoms with van der Waals surface area (Å²) in [5.41, 5.74) is 3.50. The summed E-state index contributed by atoms with van der Waals surface area (Å²) in [5.74, 6) is -0.335. The van der Waals surface area contributed by atoms with Crippen molar-refractivity contribution in [3.63, 3.8) is 0 Å². The van der Waals surface area contributed by atoms with Gasteiger partial charge in [-0.05, 0) is 48.9 Å². The fourth-order valence-corrected chi connectivity index (χ4v) is 3.47. The van der Waals surface area contributed by atoms with Crippen LogP contribution in [0.2, 0.25) is 0 Å². The molecule has 0 aromatic heterocycles. The Hall–Kier alpha value is -2.68. The predicted molar refractivity (Wildman–Crippen MR) is 110 cm³/mol. The molecule has 27 heavy (non-hydrogen) atoms. The third kappa shape index (κ3) is 4.73. The maximum absolute atomic E-state index is 12.4. The monoisotopic (exact) mass is 361 g/mol. The fourth-order valence-electron chi connectivity index (χ4n) is 3.47. The Morgan fingerprint density at radius 2 is 1.63 bits per heavy atom. The predicted octanol–water partition coefficient (Wildman–Crippen LogP) is 5.51. The summed E-state index contributed by atoms with van der Waals surface area (Å²) in [6.07, 6.45) is 10.9. The molecular formula is C24H27NO2. The molecule has 0 bridgehead atoms. The zero-order valence-electron chi connectivity index (χ0n) is 16.0. The molecular weight excluding hydrogens is 334 g/mol. The van der Waals surface area contributed by atoms with Gasteiger partial charge in [0.05, 0.1) is 11.1 Å². The Bertz CT molecular complexity index is 803. The maximum Gasteiger partial charge on any atom is 0.261 e. The first-order valence-electron chi connectivity index (χ1n) is 9.91. The summed E-state index contributed by atoms with van der Waals surface area (Å²) in [4.78, 5) is 26.2. The van der Waals surface area contributed by atoms with Crippen LogP contribution in [0.3, 0.4) is 0 Å². The Morgan fingerprint density at radius 1 is 0.889 bits per heavy atom. The van der Waals surface area contributed by atoms with Crippen molar-refractivity contribution in [2.45, 2.75) is 45.4 Å². The van der Waals surface area contributed by atoms with Gasteiger partial charge in [0, 0.05) is 6.54 Å².